The van der Waals surface area contributed by atoms with E-state index in [2.05, 4.69) is 5.32 Å². The van der Waals surface area contributed by atoms with E-state index in [9.17, 15) is 14.4 Å². The van der Waals surface area contributed by atoms with E-state index >= 15 is 0 Å². The summed E-state index contributed by atoms with van der Waals surface area (Å²) in [6.45, 7) is 2.20. The number of rotatable bonds is 6. The normalized spacial score (nSPS) is 16.1. The lowest BCUT2D eigenvalue weighted by Crippen LogP contribution is -2.37. The van der Waals surface area contributed by atoms with Gasteiger partial charge in [0.25, 0.3) is 5.91 Å². The van der Waals surface area contributed by atoms with Crippen LogP contribution in [-0.2, 0) is 16.1 Å². The average molecular weight is 454 g/mol. The topological polar surface area (TPSA) is 69.7 Å². The van der Waals surface area contributed by atoms with E-state index in [0.717, 1.165) is 15.3 Å². The number of amides is 4. The largest absolute Gasteiger partial charge is 0.332 e. The number of imide groups is 1. The Labute approximate surface area is 189 Å². The second kappa shape index (κ2) is 8.91. The third-order valence-electron chi connectivity index (χ3n) is 5.02. The second-order valence-corrected chi connectivity index (χ2v) is 8.74. The lowest BCUT2D eigenvalue weighted by atomic mass is 10.1. The number of hydrogen-bond donors (Lipinski definition) is 1. The molecule has 1 aromatic heterocycles. The number of carbonyl (C=O) groups excluding carboxylic acids is 3. The van der Waals surface area contributed by atoms with Crippen LogP contribution < -0.4 is 10.2 Å². The number of benzene rings is 2. The third-order valence-corrected chi connectivity index (χ3v) is 6.14. The molecule has 6 nitrogen and oxygen atoms in total. The number of urea groups is 1. The highest BCUT2D eigenvalue weighted by Gasteiger charge is 2.46. The Balaban J connectivity index is 1.58. The van der Waals surface area contributed by atoms with Crippen LogP contribution >= 0.6 is 22.9 Å². The zero-order chi connectivity index (χ0) is 22.0. The van der Waals surface area contributed by atoms with Crippen LogP contribution in [0.2, 0.25) is 5.02 Å². The minimum atomic E-state index is -0.886. The molecule has 8 heteroatoms. The maximum absolute atomic E-state index is 13.2. The van der Waals surface area contributed by atoms with Gasteiger partial charge in [0.05, 0.1) is 18.7 Å². The monoisotopic (exact) mass is 453 g/mol. The van der Waals surface area contributed by atoms with E-state index in [1.807, 2.05) is 36.6 Å². The molecule has 1 aliphatic heterocycles. The van der Waals surface area contributed by atoms with Gasteiger partial charge in [-0.25, -0.2) is 9.69 Å². The maximum Gasteiger partial charge on any atom is 0.332 e. The molecule has 0 saturated carbocycles. The summed E-state index contributed by atoms with van der Waals surface area (Å²) in [5.41, 5.74) is 2.10. The molecule has 0 unspecified atom stereocenters. The Kier molecular flexibility index (Phi) is 6.06. The highest BCUT2D eigenvalue weighted by molar-refractivity contribution is 7.09. The number of nitrogens with zero attached hydrogens (tertiary/aromatic N) is 2. The quantitative estimate of drug-likeness (QED) is 0.529. The molecule has 0 aliphatic carbocycles. The summed E-state index contributed by atoms with van der Waals surface area (Å²) < 4.78 is 0. The fourth-order valence-corrected chi connectivity index (χ4v) is 4.27. The van der Waals surface area contributed by atoms with Crippen LogP contribution in [0, 0.1) is 6.92 Å². The summed E-state index contributed by atoms with van der Waals surface area (Å²) in [6, 6.07) is 16.4. The summed E-state index contributed by atoms with van der Waals surface area (Å²) >= 11 is 7.39. The van der Waals surface area contributed by atoms with Crippen LogP contribution in [0.15, 0.2) is 66.0 Å². The van der Waals surface area contributed by atoms with Crippen molar-refractivity contribution >= 4 is 52.2 Å². The number of thiophene rings is 1. The first kappa shape index (κ1) is 21.1. The van der Waals surface area contributed by atoms with E-state index < -0.39 is 18.0 Å². The van der Waals surface area contributed by atoms with Gasteiger partial charge in [-0.05, 0) is 54.8 Å². The minimum absolute atomic E-state index is 0.138. The molecule has 2 aromatic carbocycles. The van der Waals surface area contributed by atoms with Crippen molar-refractivity contribution in [3.05, 3.63) is 81.5 Å². The van der Waals surface area contributed by atoms with Crippen LogP contribution in [0.1, 0.15) is 16.9 Å². The number of halogens is 1. The lowest BCUT2D eigenvalue weighted by Gasteiger charge is -2.21. The van der Waals surface area contributed by atoms with Crippen molar-refractivity contribution in [2.24, 2.45) is 0 Å². The first-order chi connectivity index (χ1) is 14.9. The smallest absolute Gasteiger partial charge is 0.326 e. The number of nitrogens with one attached hydrogen (secondary N) is 1. The van der Waals surface area contributed by atoms with Gasteiger partial charge in [-0.2, -0.15) is 0 Å². The predicted octanol–water partition coefficient (Wildman–Crippen LogP) is 5.08. The van der Waals surface area contributed by atoms with Crippen molar-refractivity contribution in [3.8, 4) is 0 Å². The summed E-state index contributed by atoms with van der Waals surface area (Å²) in [5.74, 6) is -0.757. The van der Waals surface area contributed by atoms with Gasteiger partial charge in [0.1, 0.15) is 6.04 Å². The molecule has 4 amide bonds. The molecule has 31 heavy (non-hydrogen) atoms. The fraction of sp³-hybridized carbons (Fsp3) is 0.174. The zero-order valence-corrected chi connectivity index (χ0v) is 18.3. The Morgan fingerprint density at radius 2 is 1.77 bits per heavy atom. The molecule has 1 N–H and O–H groups in total. The summed E-state index contributed by atoms with van der Waals surface area (Å²) in [6.07, 6.45) is -0.138. The lowest BCUT2D eigenvalue weighted by molar-refractivity contribution is -0.124. The van der Waals surface area contributed by atoms with Gasteiger partial charge in [-0.1, -0.05) is 35.4 Å². The van der Waals surface area contributed by atoms with Crippen LogP contribution in [0.5, 0.6) is 0 Å². The minimum Gasteiger partial charge on any atom is -0.326 e. The van der Waals surface area contributed by atoms with Gasteiger partial charge in [0.15, 0.2) is 0 Å². The van der Waals surface area contributed by atoms with E-state index in [4.69, 9.17) is 11.6 Å². The number of anilines is 2. The van der Waals surface area contributed by atoms with E-state index in [-0.39, 0.29) is 18.9 Å². The van der Waals surface area contributed by atoms with E-state index in [1.54, 1.807) is 36.4 Å². The molecule has 0 radical (unpaired) electrons. The Morgan fingerprint density at radius 3 is 2.42 bits per heavy atom. The Hall–Kier alpha value is -3.16. The molecule has 1 aliphatic rings. The molecule has 1 saturated heterocycles. The van der Waals surface area contributed by atoms with Crippen LogP contribution in [0.3, 0.4) is 0 Å². The van der Waals surface area contributed by atoms with E-state index in [1.165, 1.54) is 16.2 Å². The molecular weight excluding hydrogens is 434 g/mol. The van der Waals surface area contributed by atoms with Crippen molar-refractivity contribution in [1.29, 1.82) is 0 Å². The van der Waals surface area contributed by atoms with E-state index in [0.29, 0.717) is 16.4 Å². The Morgan fingerprint density at radius 1 is 1.06 bits per heavy atom. The molecule has 1 atom stereocenters. The third kappa shape index (κ3) is 4.62. The predicted molar refractivity (Wildman–Crippen MR) is 122 cm³/mol. The van der Waals surface area contributed by atoms with Gasteiger partial charge in [-0.3, -0.25) is 9.59 Å². The van der Waals surface area contributed by atoms with Crippen LogP contribution in [0.4, 0.5) is 16.2 Å². The summed E-state index contributed by atoms with van der Waals surface area (Å²) in [5, 5.41) is 5.24. The average Bonchev–Trinajstić information content (AvgIpc) is 3.33. The van der Waals surface area contributed by atoms with Crippen molar-refractivity contribution in [3.63, 3.8) is 0 Å². The Bertz CT molecular complexity index is 1100. The van der Waals surface area contributed by atoms with Gasteiger partial charge < -0.3 is 10.2 Å². The SMILES string of the molecule is Cc1ccc(N2C(=O)[C@H](CC(=O)Nc3ccc(Cl)cc3)N(Cc3cccs3)C2=O)cc1. The molecule has 2 heterocycles. The van der Waals surface area contributed by atoms with Gasteiger partial charge in [0.2, 0.25) is 5.91 Å². The molecular formula is C23H20ClN3O3S. The molecule has 0 bridgehead atoms. The maximum atomic E-state index is 13.2. The number of hydrogen-bond acceptors (Lipinski definition) is 4. The van der Waals surface area contributed by atoms with Crippen LogP contribution in [-0.4, -0.2) is 28.8 Å². The first-order valence-corrected chi connectivity index (χ1v) is 11.0. The van der Waals surface area contributed by atoms with Gasteiger partial charge >= 0.3 is 6.03 Å². The molecule has 3 aromatic rings. The highest BCUT2D eigenvalue weighted by atomic mass is 35.5. The van der Waals surface area contributed by atoms with Crippen molar-refractivity contribution in [2.75, 3.05) is 10.2 Å². The first-order valence-electron chi connectivity index (χ1n) is 9.71. The van der Waals surface area contributed by atoms with Gasteiger partial charge in [0, 0.05) is 15.6 Å². The van der Waals surface area contributed by atoms with Crippen molar-refractivity contribution in [2.45, 2.75) is 25.9 Å². The van der Waals surface area contributed by atoms with Gasteiger partial charge in [-0.15, -0.1) is 11.3 Å². The molecule has 4 rings (SSSR count). The van der Waals surface area contributed by atoms with Crippen LogP contribution in [0.25, 0.3) is 0 Å². The highest BCUT2D eigenvalue weighted by Crippen LogP contribution is 2.29. The van der Waals surface area contributed by atoms with Crippen molar-refractivity contribution in [1.82, 2.24) is 4.90 Å². The van der Waals surface area contributed by atoms with Crippen molar-refractivity contribution < 1.29 is 14.4 Å². The summed E-state index contributed by atoms with van der Waals surface area (Å²) in [7, 11) is 0. The molecule has 1 fully saturated rings. The zero-order valence-electron chi connectivity index (χ0n) is 16.7. The molecule has 0 spiro atoms. The number of aryl methyl sites for hydroxylation is 1. The fourth-order valence-electron chi connectivity index (χ4n) is 3.44. The standard InChI is InChI=1S/C23H20ClN3O3S/c1-15-4-10-18(11-5-15)27-22(29)20(26(23(27)30)14-19-3-2-12-31-19)13-21(28)25-17-8-6-16(24)7-9-17/h2-12,20H,13-14H2,1H3,(H,25,28)/t20-/m0/s1. The summed E-state index contributed by atoms with van der Waals surface area (Å²) in [4.78, 5) is 42.7. The second-order valence-electron chi connectivity index (χ2n) is 7.27. The number of carbonyl (C=O) groups is 3. The molecule has 158 valence electrons.